The first-order valence-electron chi connectivity index (χ1n) is 22.2. The average molecular weight is 829 g/mol. The number of hydrogen-bond acceptors (Lipinski definition) is 2. The number of fused-ring (bicyclic) bond motifs is 9. The lowest BCUT2D eigenvalue weighted by Gasteiger charge is -2.29. The Balaban J connectivity index is 1.12. The minimum atomic E-state index is 0.866. The van der Waals surface area contributed by atoms with Crippen LogP contribution in [0, 0.1) is 0 Å². The predicted molar refractivity (Wildman–Crippen MR) is 274 cm³/mol. The molecule has 13 aromatic rings. The zero-order valence-corrected chi connectivity index (χ0v) is 35.4. The minimum Gasteiger partial charge on any atom is -0.456 e. The molecule has 0 spiro atoms. The number of benzene rings is 11. The molecule has 2 aromatic heterocycles. The molecule has 0 N–H and O–H groups in total. The summed E-state index contributed by atoms with van der Waals surface area (Å²) in [5, 5.41) is 9.51. The minimum absolute atomic E-state index is 0.866. The highest BCUT2D eigenvalue weighted by molar-refractivity contribution is 6.17. The summed E-state index contributed by atoms with van der Waals surface area (Å²) in [6.07, 6.45) is 0. The lowest BCUT2D eigenvalue weighted by atomic mass is 9.97. The second-order valence-corrected chi connectivity index (χ2v) is 16.9. The van der Waals surface area contributed by atoms with Gasteiger partial charge in [0.25, 0.3) is 0 Å². The fourth-order valence-corrected chi connectivity index (χ4v) is 10.1. The molecule has 0 aliphatic heterocycles. The third kappa shape index (κ3) is 6.12. The van der Waals surface area contributed by atoms with Crippen molar-refractivity contribution in [1.29, 1.82) is 0 Å². The van der Waals surface area contributed by atoms with Crippen LogP contribution in [0.5, 0.6) is 0 Å². The topological polar surface area (TPSA) is 21.3 Å². The molecule has 0 aliphatic carbocycles. The van der Waals surface area contributed by atoms with Crippen LogP contribution in [0.4, 0.5) is 17.1 Å². The molecule has 0 unspecified atom stereocenters. The second kappa shape index (κ2) is 15.0. The van der Waals surface area contributed by atoms with Crippen molar-refractivity contribution in [2.45, 2.75) is 0 Å². The van der Waals surface area contributed by atoms with E-state index in [9.17, 15) is 0 Å². The smallest absolute Gasteiger partial charge is 0.136 e. The van der Waals surface area contributed by atoms with Crippen molar-refractivity contribution >= 4 is 82.4 Å². The molecular weight excluding hydrogens is 789 g/mol. The van der Waals surface area contributed by atoms with E-state index in [1.165, 1.54) is 54.6 Å². The van der Waals surface area contributed by atoms with Gasteiger partial charge in [0.2, 0.25) is 0 Å². The molecule has 2 heterocycles. The number of furan rings is 1. The van der Waals surface area contributed by atoms with Gasteiger partial charge in [-0.25, -0.2) is 0 Å². The van der Waals surface area contributed by atoms with Gasteiger partial charge in [0.05, 0.1) is 22.4 Å². The zero-order chi connectivity index (χ0) is 42.8. The molecule has 0 aliphatic rings. The van der Waals surface area contributed by atoms with Gasteiger partial charge in [-0.3, -0.25) is 0 Å². The number of aromatic nitrogens is 1. The van der Waals surface area contributed by atoms with Gasteiger partial charge in [0.1, 0.15) is 11.2 Å². The van der Waals surface area contributed by atoms with E-state index < -0.39 is 0 Å². The lowest BCUT2D eigenvalue weighted by Crippen LogP contribution is -2.11. The van der Waals surface area contributed by atoms with Crippen molar-refractivity contribution in [1.82, 2.24) is 4.57 Å². The van der Waals surface area contributed by atoms with Gasteiger partial charge in [-0.05, 0) is 111 Å². The first-order valence-corrected chi connectivity index (χ1v) is 22.2. The summed E-state index contributed by atoms with van der Waals surface area (Å²) in [6, 6.07) is 87.9. The fourth-order valence-electron chi connectivity index (χ4n) is 10.1. The Bertz CT molecular complexity index is 3840. The summed E-state index contributed by atoms with van der Waals surface area (Å²) < 4.78 is 9.06. The van der Waals surface area contributed by atoms with Crippen LogP contribution in [0.3, 0.4) is 0 Å². The highest BCUT2D eigenvalue weighted by Crippen LogP contribution is 2.48. The highest BCUT2D eigenvalue weighted by atomic mass is 16.3. The molecule has 3 nitrogen and oxygen atoms in total. The molecule has 0 saturated carbocycles. The first kappa shape index (κ1) is 36.9. The van der Waals surface area contributed by atoms with E-state index in [1.54, 1.807) is 0 Å². The van der Waals surface area contributed by atoms with Crippen LogP contribution in [-0.4, -0.2) is 4.57 Å². The molecule has 3 heteroatoms. The van der Waals surface area contributed by atoms with Gasteiger partial charge in [0.15, 0.2) is 0 Å². The molecule has 304 valence electrons. The van der Waals surface area contributed by atoms with Crippen molar-refractivity contribution in [3.63, 3.8) is 0 Å². The molecular formula is C62H40N2O. The Labute approximate surface area is 376 Å². The SMILES string of the molecule is c1ccc(-c2ccc(N(c3ccc(-c4ccccc4)cc3)c3cc4c(cc3-c3ccc5c(c3)oc3ccccc35)c3ccccc3n4-c3cc4ccccc4c4ccccc34)cc2)cc1. The average Bonchev–Trinajstić information content (AvgIpc) is 3.91. The summed E-state index contributed by atoms with van der Waals surface area (Å²) in [5.41, 5.74) is 15.3. The van der Waals surface area contributed by atoms with E-state index in [4.69, 9.17) is 4.42 Å². The summed E-state index contributed by atoms with van der Waals surface area (Å²) >= 11 is 0. The second-order valence-electron chi connectivity index (χ2n) is 16.9. The van der Waals surface area contributed by atoms with Crippen LogP contribution in [-0.2, 0) is 0 Å². The van der Waals surface area contributed by atoms with E-state index in [-0.39, 0.29) is 0 Å². The number of hydrogen-bond donors (Lipinski definition) is 0. The van der Waals surface area contributed by atoms with Crippen molar-refractivity contribution in [2.75, 3.05) is 4.90 Å². The Hall–Kier alpha value is -8.66. The Kier molecular flexibility index (Phi) is 8.53. The Morgan fingerprint density at radius 2 is 0.831 bits per heavy atom. The third-order valence-corrected chi connectivity index (χ3v) is 13.2. The number of rotatable bonds is 7. The van der Waals surface area contributed by atoms with Gasteiger partial charge in [-0.1, -0.05) is 176 Å². The summed E-state index contributed by atoms with van der Waals surface area (Å²) in [6.45, 7) is 0. The maximum absolute atomic E-state index is 6.57. The summed E-state index contributed by atoms with van der Waals surface area (Å²) in [5.74, 6) is 0. The van der Waals surface area contributed by atoms with E-state index >= 15 is 0 Å². The van der Waals surface area contributed by atoms with Crippen molar-refractivity contribution < 1.29 is 4.42 Å². The maximum atomic E-state index is 6.57. The highest BCUT2D eigenvalue weighted by Gasteiger charge is 2.24. The first-order chi connectivity index (χ1) is 32.2. The molecule has 65 heavy (non-hydrogen) atoms. The van der Waals surface area contributed by atoms with Gasteiger partial charge in [-0.2, -0.15) is 0 Å². The molecule has 0 saturated heterocycles. The number of nitrogens with zero attached hydrogens (tertiary/aromatic N) is 2. The molecule has 0 radical (unpaired) electrons. The lowest BCUT2D eigenvalue weighted by molar-refractivity contribution is 0.669. The Morgan fingerprint density at radius 3 is 1.52 bits per heavy atom. The number of anilines is 3. The van der Waals surface area contributed by atoms with Crippen LogP contribution in [0.2, 0.25) is 0 Å². The fraction of sp³-hybridized carbons (Fsp3) is 0. The molecule has 0 bridgehead atoms. The van der Waals surface area contributed by atoms with Crippen LogP contribution < -0.4 is 4.90 Å². The zero-order valence-electron chi connectivity index (χ0n) is 35.4. The van der Waals surface area contributed by atoms with Gasteiger partial charge in [0, 0.05) is 43.9 Å². The van der Waals surface area contributed by atoms with Crippen molar-refractivity contribution in [3.8, 4) is 39.1 Å². The van der Waals surface area contributed by atoms with Crippen LogP contribution in [0.1, 0.15) is 0 Å². The maximum Gasteiger partial charge on any atom is 0.136 e. The van der Waals surface area contributed by atoms with E-state index in [0.29, 0.717) is 0 Å². The summed E-state index contributed by atoms with van der Waals surface area (Å²) in [4.78, 5) is 2.43. The molecule has 0 fully saturated rings. The van der Waals surface area contributed by atoms with Gasteiger partial charge < -0.3 is 13.9 Å². The van der Waals surface area contributed by atoms with Gasteiger partial charge >= 0.3 is 0 Å². The third-order valence-electron chi connectivity index (χ3n) is 13.2. The molecule has 11 aromatic carbocycles. The number of para-hydroxylation sites is 2. The molecule has 13 rings (SSSR count). The largest absolute Gasteiger partial charge is 0.456 e. The summed E-state index contributed by atoms with van der Waals surface area (Å²) in [7, 11) is 0. The normalized spacial score (nSPS) is 11.7. The van der Waals surface area contributed by atoms with E-state index in [0.717, 1.165) is 66.8 Å². The predicted octanol–water partition coefficient (Wildman–Crippen LogP) is 17.5. The quantitative estimate of drug-likeness (QED) is 0.149. The van der Waals surface area contributed by atoms with Crippen molar-refractivity contribution in [3.05, 3.63) is 243 Å². The van der Waals surface area contributed by atoms with Crippen LogP contribution >= 0.6 is 0 Å². The van der Waals surface area contributed by atoms with Gasteiger partial charge in [-0.15, -0.1) is 0 Å². The molecule has 0 amide bonds. The standard InChI is InChI=1S/C62H40N2O/c1-3-15-41(16-4-1)43-27-32-47(33-28-43)63(48-34-29-44(30-35-48)42-17-5-2-6-18-42)59-40-60-56(39-55(59)46-31-36-54-53-24-12-14-26-61(53)65-62(54)38-46)52-23-11-13-25-57(52)64(60)58-37-45-19-7-8-20-49(45)50-21-9-10-22-51(50)58/h1-40H. The van der Waals surface area contributed by atoms with E-state index in [1.807, 2.05) is 6.07 Å². The van der Waals surface area contributed by atoms with Crippen LogP contribution in [0.15, 0.2) is 247 Å². The molecule has 0 atom stereocenters. The van der Waals surface area contributed by atoms with E-state index in [2.05, 4.69) is 246 Å². The Morgan fingerprint density at radius 1 is 0.308 bits per heavy atom. The van der Waals surface area contributed by atoms with Crippen LogP contribution in [0.25, 0.3) is 104 Å². The monoisotopic (exact) mass is 828 g/mol. The van der Waals surface area contributed by atoms with Crippen molar-refractivity contribution in [2.24, 2.45) is 0 Å².